The first-order chi connectivity index (χ1) is 13.2. The molecule has 0 saturated carbocycles. The molecule has 0 aliphatic rings. The van der Waals surface area contributed by atoms with E-state index in [2.05, 4.69) is 27.8 Å². The highest BCUT2D eigenvalue weighted by Gasteiger charge is 2.18. The first kappa shape index (κ1) is 17.4. The molecule has 2 heterocycles. The number of ether oxygens (including phenoxy) is 3. The Balaban J connectivity index is 1.85. The summed E-state index contributed by atoms with van der Waals surface area (Å²) in [7, 11) is 4.86. The van der Waals surface area contributed by atoms with Crippen molar-refractivity contribution < 1.29 is 14.2 Å². The molecule has 4 rings (SSSR count). The number of rotatable bonds is 6. The minimum atomic E-state index is 0.592. The molecule has 0 spiro atoms. The van der Waals surface area contributed by atoms with Gasteiger partial charge in [-0.05, 0) is 30.3 Å². The van der Waals surface area contributed by atoms with Crippen LogP contribution in [0.3, 0.4) is 0 Å². The molecule has 5 nitrogen and oxygen atoms in total. The van der Waals surface area contributed by atoms with Gasteiger partial charge in [-0.15, -0.1) is 0 Å². The largest absolute Gasteiger partial charge is 0.493 e. The summed E-state index contributed by atoms with van der Waals surface area (Å²) in [5, 5.41) is 1.17. The van der Waals surface area contributed by atoms with Gasteiger partial charge in [-0.1, -0.05) is 30.0 Å². The summed E-state index contributed by atoms with van der Waals surface area (Å²) in [6.45, 7) is 0. The third-order valence-electron chi connectivity index (χ3n) is 4.36. The van der Waals surface area contributed by atoms with Gasteiger partial charge in [0.25, 0.3) is 0 Å². The number of aromatic nitrogens is 2. The second kappa shape index (κ2) is 7.32. The van der Waals surface area contributed by atoms with Gasteiger partial charge in [0, 0.05) is 28.2 Å². The average Bonchev–Trinajstić information content (AvgIpc) is 3.35. The van der Waals surface area contributed by atoms with E-state index in [1.165, 1.54) is 5.39 Å². The molecule has 2 aromatic heterocycles. The predicted octanol–water partition coefficient (Wildman–Crippen LogP) is 5.14. The summed E-state index contributed by atoms with van der Waals surface area (Å²) in [4.78, 5) is 5.66. The van der Waals surface area contributed by atoms with Crippen molar-refractivity contribution in [1.82, 2.24) is 9.55 Å². The third-order valence-corrected chi connectivity index (χ3v) is 5.45. The number of fused-ring (bicyclic) bond motifs is 1. The molecule has 0 amide bonds. The van der Waals surface area contributed by atoms with Crippen LogP contribution in [-0.2, 0) is 0 Å². The maximum atomic E-state index is 5.50. The molecule has 0 unspecified atom stereocenters. The van der Waals surface area contributed by atoms with Crippen molar-refractivity contribution in [1.29, 1.82) is 0 Å². The summed E-state index contributed by atoms with van der Waals surface area (Å²) in [5.41, 5.74) is 1.09. The number of hydrogen-bond acceptors (Lipinski definition) is 4. The lowest BCUT2D eigenvalue weighted by Gasteiger charge is -2.14. The molecule has 0 atom stereocenters. The van der Waals surface area contributed by atoms with Crippen LogP contribution in [0.2, 0.25) is 0 Å². The van der Waals surface area contributed by atoms with E-state index in [-0.39, 0.29) is 0 Å². The van der Waals surface area contributed by atoms with E-state index in [1.54, 1.807) is 33.1 Å². The second-order valence-corrected chi connectivity index (χ2v) is 6.99. The fourth-order valence-corrected chi connectivity index (χ4v) is 4.21. The van der Waals surface area contributed by atoms with E-state index >= 15 is 0 Å². The fraction of sp³-hybridized carbons (Fsp3) is 0.143. The molecule has 138 valence electrons. The molecule has 0 radical (unpaired) electrons. The van der Waals surface area contributed by atoms with E-state index in [1.807, 2.05) is 42.7 Å². The Labute approximate surface area is 161 Å². The topological polar surface area (TPSA) is 48.4 Å². The van der Waals surface area contributed by atoms with Crippen molar-refractivity contribution in [2.24, 2.45) is 0 Å². The summed E-state index contributed by atoms with van der Waals surface area (Å²) in [5.74, 6) is 2.90. The van der Waals surface area contributed by atoms with Gasteiger partial charge in [0.1, 0.15) is 5.82 Å². The first-order valence-corrected chi connectivity index (χ1v) is 9.28. The number of hydrogen-bond donors (Lipinski definition) is 1. The summed E-state index contributed by atoms with van der Waals surface area (Å²) >= 11 is 1.66. The Hall–Kier alpha value is -2.99. The van der Waals surface area contributed by atoms with Gasteiger partial charge < -0.3 is 23.8 Å². The van der Waals surface area contributed by atoms with Crippen LogP contribution in [-0.4, -0.2) is 30.9 Å². The van der Waals surface area contributed by atoms with Gasteiger partial charge in [0.15, 0.2) is 11.5 Å². The van der Waals surface area contributed by atoms with Crippen molar-refractivity contribution in [3.05, 3.63) is 60.9 Å². The zero-order valence-electron chi connectivity index (χ0n) is 15.4. The molecular formula is C21H20N2O3S. The lowest BCUT2D eigenvalue weighted by atomic mass is 10.2. The molecule has 0 aliphatic carbocycles. The van der Waals surface area contributed by atoms with Crippen molar-refractivity contribution in [3.8, 4) is 23.1 Å². The Morgan fingerprint density at radius 3 is 2.15 bits per heavy atom. The first-order valence-electron chi connectivity index (χ1n) is 8.47. The molecule has 4 aromatic rings. The molecule has 0 saturated heterocycles. The number of methoxy groups -OCH3 is 3. The van der Waals surface area contributed by atoms with E-state index in [9.17, 15) is 0 Å². The van der Waals surface area contributed by atoms with Crippen LogP contribution in [0, 0.1) is 0 Å². The SMILES string of the molecule is COc1cc(Sc2c(-n3cccc3)[nH]c3ccccc23)cc(OC)c1OC. The Morgan fingerprint density at radius 1 is 0.852 bits per heavy atom. The maximum absolute atomic E-state index is 5.50. The van der Waals surface area contributed by atoms with Crippen molar-refractivity contribution >= 4 is 22.7 Å². The van der Waals surface area contributed by atoms with Crippen LogP contribution in [0.1, 0.15) is 0 Å². The van der Waals surface area contributed by atoms with E-state index in [4.69, 9.17) is 14.2 Å². The zero-order valence-corrected chi connectivity index (χ0v) is 16.2. The van der Waals surface area contributed by atoms with Gasteiger partial charge in [-0.2, -0.15) is 0 Å². The highest BCUT2D eigenvalue weighted by molar-refractivity contribution is 7.99. The van der Waals surface area contributed by atoms with E-state index in [0.717, 1.165) is 21.1 Å². The molecule has 0 bridgehead atoms. The summed E-state index contributed by atoms with van der Waals surface area (Å²) in [6, 6.07) is 16.3. The number of aromatic amines is 1. The molecule has 1 N–H and O–H groups in total. The predicted molar refractivity (Wildman–Crippen MR) is 108 cm³/mol. The Bertz CT molecular complexity index is 1050. The van der Waals surface area contributed by atoms with Crippen LogP contribution >= 0.6 is 11.8 Å². The summed E-state index contributed by atoms with van der Waals surface area (Å²) < 4.78 is 18.5. The fourth-order valence-electron chi connectivity index (χ4n) is 3.10. The maximum Gasteiger partial charge on any atom is 0.203 e. The Morgan fingerprint density at radius 2 is 1.52 bits per heavy atom. The highest BCUT2D eigenvalue weighted by atomic mass is 32.2. The van der Waals surface area contributed by atoms with Crippen molar-refractivity contribution in [2.45, 2.75) is 9.79 Å². The molecule has 27 heavy (non-hydrogen) atoms. The monoisotopic (exact) mass is 380 g/mol. The van der Waals surface area contributed by atoms with Gasteiger partial charge in [-0.25, -0.2) is 0 Å². The van der Waals surface area contributed by atoms with E-state index in [0.29, 0.717) is 17.2 Å². The van der Waals surface area contributed by atoms with Crippen LogP contribution in [0.4, 0.5) is 0 Å². The third kappa shape index (κ3) is 3.13. The van der Waals surface area contributed by atoms with Gasteiger partial charge in [0.05, 0.1) is 26.2 Å². The highest BCUT2D eigenvalue weighted by Crippen LogP contribution is 2.45. The lowest BCUT2D eigenvalue weighted by Crippen LogP contribution is -1.95. The van der Waals surface area contributed by atoms with Crippen LogP contribution < -0.4 is 14.2 Å². The number of para-hydroxylation sites is 1. The number of nitrogens with zero attached hydrogens (tertiary/aromatic N) is 1. The van der Waals surface area contributed by atoms with Crippen LogP contribution in [0.25, 0.3) is 16.7 Å². The molecular weight excluding hydrogens is 360 g/mol. The van der Waals surface area contributed by atoms with Crippen LogP contribution in [0.15, 0.2) is 70.7 Å². The minimum absolute atomic E-state index is 0.592. The Kier molecular flexibility index (Phi) is 4.73. The quantitative estimate of drug-likeness (QED) is 0.503. The number of benzene rings is 2. The van der Waals surface area contributed by atoms with Crippen molar-refractivity contribution in [3.63, 3.8) is 0 Å². The normalized spacial score (nSPS) is 10.9. The molecule has 6 heteroatoms. The lowest BCUT2D eigenvalue weighted by molar-refractivity contribution is 0.323. The molecule has 0 fully saturated rings. The smallest absolute Gasteiger partial charge is 0.203 e. The standard InChI is InChI=1S/C21H20N2O3S/c1-24-17-12-14(13-18(25-2)19(17)26-3)27-20-15-8-4-5-9-16(15)22-21(20)23-10-6-7-11-23/h4-13,22H,1-3H3. The average molecular weight is 380 g/mol. The van der Waals surface area contributed by atoms with Crippen molar-refractivity contribution in [2.75, 3.05) is 21.3 Å². The number of nitrogens with one attached hydrogen (secondary N) is 1. The zero-order chi connectivity index (χ0) is 18.8. The van der Waals surface area contributed by atoms with Gasteiger partial charge in [-0.3, -0.25) is 0 Å². The van der Waals surface area contributed by atoms with Crippen LogP contribution in [0.5, 0.6) is 17.2 Å². The summed E-state index contributed by atoms with van der Waals surface area (Å²) in [6.07, 6.45) is 4.06. The molecule has 2 aromatic carbocycles. The van der Waals surface area contributed by atoms with E-state index < -0.39 is 0 Å². The second-order valence-electron chi connectivity index (χ2n) is 5.90. The number of H-pyrrole nitrogens is 1. The van der Waals surface area contributed by atoms with Gasteiger partial charge >= 0.3 is 0 Å². The molecule has 0 aliphatic heterocycles. The van der Waals surface area contributed by atoms with Gasteiger partial charge in [0.2, 0.25) is 5.75 Å². The minimum Gasteiger partial charge on any atom is -0.493 e.